The molecular weight excluding hydrogens is 1260 g/mol. The lowest BCUT2D eigenvalue weighted by atomic mass is 10.00. The second-order valence-electron chi connectivity index (χ2n) is 28.3. The van der Waals surface area contributed by atoms with Crippen molar-refractivity contribution in [3.05, 3.63) is 24.3 Å². The quantitative estimate of drug-likeness (QED) is 0.0169. The number of hydrogen-bond acceptors (Lipinski definition) is 15. The topological polar surface area (TPSA) is 237 Å². The number of phosphoric acid groups is 2. The zero-order valence-corrected chi connectivity index (χ0v) is 64.1. The van der Waals surface area contributed by atoms with Gasteiger partial charge in [0.15, 0.2) is 12.2 Å². The maximum absolute atomic E-state index is 13.1. The molecule has 0 fully saturated rings. The van der Waals surface area contributed by atoms with Gasteiger partial charge in [-0.25, -0.2) is 9.13 Å². The molecule has 0 rings (SSSR count). The molecule has 0 bridgehead atoms. The molecule has 566 valence electrons. The van der Waals surface area contributed by atoms with Crippen LogP contribution in [0.5, 0.6) is 0 Å². The lowest BCUT2D eigenvalue weighted by Crippen LogP contribution is -2.30. The Labute approximate surface area is 586 Å². The zero-order chi connectivity index (χ0) is 70.9. The van der Waals surface area contributed by atoms with Crippen molar-refractivity contribution in [2.75, 3.05) is 39.6 Å². The lowest BCUT2D eigenvalue weighted by molar-refractivity contribution is -0.161. The Balaban J connectivity index is 5.28. The number of rotatable bonds is 73. The second kappa shape index (κ2) is 67.1. The van der Waals surface area contributed by atoms with E-state index in [1.165, 1.54) is 154 Å². The highest BCUT2D eigenvalue weighted by Crippen LogP contribution is 2.45. The van der Waals surface area contributed by atoms with Gasteiger partial charge < -0.3 is 33.8 Å². The van der Waals surface area contributed by atoms with Crippen molar-refractivity contribution in [1.82, 2.24) is 0 Å². The highest BCUT2D eigenvalue weighted by molar-refractivity contribution is 7.47. The van der Waals surface area contributed by atoms with E-state index in [0.717, 1.165) is 133 Å². The van der Waals surface area contributed by atoms with Gasteiger partial charge in [-0.1, -0.05) is 317 Å². The monoisotopic (exact) mass is 1410 g/mol. The van der Waals surface area contributed by atoms with Crippen LogP contribution < -0.4 is 0 Å². The fourth-order valence-corrected chi connectivity index (χ4v) is 12.8. The Morgan fingerprint density at radius 3 is 0.927 bits per heavy atom. The highest BCUT2D eigenvalue weighted by atomic mass is 31.2. The van der Waals surface area contributed by atoms with E-state index in [-0.39, 0.29) is 25.7 Å². The minimum Gasteiger partial charge on any atom is -0.462 e. The fourth-order valence-electron chi connectivity index (χ4n) is 11.2. The van der Waals surface area contributed by atoms with E-state index >= 15 is 0 Å². The third-order valence-corrected chi connectivity index (χ3v) is 19.5. The predicted molar refractivity (Wildman–Crippen MR) is 390 cm³/mol. The predicted octanol–water partition coefficient (Wildman–Crippen LogP) is 22.1. The first kappa shape index (κ1) is 93.5. The maximum atomic E-state index is 13.1. The molecule has 0 heterocycles. The molecule has 3 N–H and O–H groups in total. The van der Waals surface area contributed by atoms with Crippen molar-refractivity contribution < 1.29 is 80.2 Å². The summed E-state index contributed by atoms with van der Waals surface area (Å²) >= 11 is 0. The molecule has 0 aliphatic heterocycles. The lowest BCUT2D eigenvalue weighted by Gasteiger charge is -2.21. The third kappa shape index (κ3) is 68.7. The average molecular weight is 1410 g/mol. The van der Waals surface area contributed by atoms with E-state index < -0.39 is 97.5 Å². The van der Waals surface area contributed by atoms with Crippen LogP contribution in [-0.2, 0) is 65.4 Å². The Bertz CT molecular complexity index is 1970. The Hall–Kier alpha value is -2.46. The number of esters is 4. The number of carbonyl (C=O) groups is 4. The van der Waals surface area contributed by atoms with Gasteiger partial charge in [-0.15, -0.1) is 0 Å². The van der Waals surface area contributed by atoms with Crippen LogP contribution in [0.25, 0.3) is 0 Å². The van der Waals surface area contributed by atoms with E-state index in [1.54, 1.807) is 0 Å². The first-order valence-electron chi connectivity index (χ1n) is 39.2. The van der Waals surface area contributed by atoms with E-state index in [0.29, 0.717) is 25.7 Å². The first-order chi connectivity index (χ1) is 46.3. The summed E-state index contributed by atoms with van der Waals surface area (Å²) in [6.45, 7) is 11.8. The number of phosphoric ester groups is 2. The van der Waals surface area contributed by atoms with Crippen LogP contribution in [-0.4, -0.2) is 96.7 Å². The molecule has 0 aromatic rings. The van der Waals surface area contributed by atoms with E-state index in [4.69, 9.17) is 37.0 Å². The molecule has 17 nitrogen and oxygen atoms in total. The number of hydrogen-bond donors (Lipinski definition) is 3. The number of unbranched alkanes of at least 4 members (excludes halogenated alkanes) is 37. The summed E-state index contributed by atoms with van der Waals surface area (Å²) in [5.74, 6) is 0.138. The van der Waals surface area contributed by atoms with E-state index in [1.807, 2.05) is 0 Å². The summed E-state index contributed by atoms with van der Waals surface area (Å²) in [7, 11) is -9.93. The Morgan fingerprint density at radius 2 is 0.615 bits per heavy atom. The maximum Gasteiger partial charge on any atom is 0.472 e. The molecule has 6 atom stereocenters. The molecule has 0 radical (unpaired) electrons. The van der Waals surface area contributed by atoms with Gasteiger partial charge in [0.25, 0.3) is 0 Å². The van der Waals surface area contributed by atoms with Crippen LogP contribution in [0, 0.1) is 17.8 Å². The summed E-state index contributed by atoms with van der Waals surface area (Å²) < 4.78 is 68.5. The van der Waals surface area contributed by atoms with Gasteiger partial charge in [0.05, 0.1) is 26.4 Å². The van der Waals surface area contributed by atoms with E-state index in [9.17, 15) is 43.2 Å². The minimum absolute atomic E-state index is 0.0992. The third-order valence-electron chi connectivity index (χ3n) is 17.6. The summed E-state index contributed by atoms with van der Waals surface area (Å²) in [6, 6.07) is 0. The number of carbonyl (C=O) groups excluding carboxylic acids is 4. The van der Waals surface area contributed by atoms with Gasteiger partial charge >= 0.3 is 39.5 Å². The zero-order valence-electron chi connectivity index (χ0n) is 62.3. The highest BCUT2D eigenvalue weighted by Gasteiger charge is 2.30. The number of aliphatic hydroxyl groups is 1. The molecule has 0 amide bonds. The number of ether oxygens (including phenoxy) is 4. The van der Waals surface area contributed by atoms with Crippen molar-refractivity contribution in [2.45, 2.75) is 388 Å². The van der Waals surface area contributed by atoms with Gasteiger partial charge in [-0.3, -0.25) is 37.3 Å². The van der Waals surface area contributed by atoms with Crippen LogP contribution in [0.15, 0.2) is 24.3 Å². The van der Waals surface area contributed by atoms with Crippen LogP contribution in [0.3, 0.4) is 0 Å². The Morgan fingerprint density at radius 1 is 0.344 bits per heavy atom. The molecule has 0 aromatic heterocycles. The van der Waals surface area contributed by atoms with Gasteiger partial charge in [0.1, 0.15) is 19.3 Å². The van der Waals surface area contributed by atoms with Crippen LogP contribution >= 0.6 is 15.6 Å². The SMILES string of the molecule is CCCCCC/C=C\C=C/CCCCCCCC(=O)OC[C@H](COP(=O)(O)OC[C@@H](O)COP(=O)(O)OC[C@@H](COC(=O)CCCCCCCCC(C)CC)OC(=O)CCCCCCCCCCCCCCCCC(C)C)OC(=O)CCCCCCCCCCCCCC(C)C. The number of allylic oxidation sites excluding steroid dienone is 4. The standard InChI is InChI=1S/C77H146O17P2/c1-8-10-11-12-13-14-15-16-17-21-26-31-36-44-51-58-74(79)87-64-72(93-77(82)61-54-47-38-33-28-23-25-30-35-42-49-56-69(5)6)66-91-95(83,84)89-62-71(78)63-90-96(85,86)92-67-73(65-88-75(80)59-52-45-40-39-43-50-57-70(7)9-2)94-76(81)60-53-46-37-32-27-22-19-18-20-24-29-34-41-48-55-68(3)4/h14-17,68-73,78H,8-13,18-67H2,1-7H3,(H,83,84)(H,85,86)/b15-14-,17-16-/t70?,71-,72-,73-/m1/s1. The Kier molecular flexibility index (Phi) is 65.3. The van der Waals surface area contributed by atoms with E-state index in [2.05, 4.69) is 72.8 Å². The summed E-state index contributed by atoms with van der Waals surface area (Å²) in [5, 5.41) is 10.6. The fraction of sp³-hybridized carbons (Fsp3) is 0.896. The molecule has 0 aliphatic carbocycles. The molecule has 19 heteroatoms. The largest absolute Gasteiger partial charge is 0.472 e. The van der Waals surface area contributed by atoms with Gasteiger partial charge in [-0.2, -0.15) is 0 Å². The van der Waals surface area contributed by atoms with Crippen molar-refractivity contribution in [3.8, 4) is 0 Å². The van der Waals surface area contributed by atoms with Gasteiger partial charge in [0, 0.05) is 25.7 Å². The van der Waals surface area contributed by atoms with Gasteiger partial charge in [0.2, 0.25) is 0 Å². The molecule has 0 aromatic carbocycles. The van der Waals surface area contributed by atoms with Crippen molar-refractivity contribution in [1.29, 1.82) is 0 Å². The molecule has 3 unspecified atom stereocenters. The molecule has 0 saturated heterocycles. The summed E-state index contributed by atoms with van der Waals surface area (Å²) in [6.07, 6.45) is 56.3. The van der Waals surface area contributed by atoms with Crippen molar-refractivity contribution in [2.24, 2.45) is 17.8 Å². The average Bonchev–Trinajstić information content (AvgIpc) is 1.11. The summed E-state index contributed by atoms with van der Waals surface area (Å²) in [5.41, 5.74) is 0. The summed E-state index contributed by atoms with van der Waals surface area (Å²) in [4.78, 5) is 72.8. The molecule has 0 aliphatic rings. The second-order valence-corrected chi connectivity index (χ2v) is 31.2. The van der Waals surface area contributed by atoms with Crippen LogP contribution in [0.2, 0.25) is 0 Å². The normalized spacial score (nSPS) is 14.5. The molecule has 0 saturated carbocycles. The first-order valence-corrected chi connectivity index (χ1v) is 42.2. The molecule has 96 heavy (non-hydrogen) atoms. The van der Waals surface area contributed by atoms with Crippen LogP contribution in [0.4, 0.5) is 0 Å². The molecule has 0 spiro atoms. The van der Waals surface area contributed by atoms with Gasteiger partial charge in [-0.05, 0) is 69.1 Å². The van der Waals surface area contributed by atoms with Crippen molar-refractivity contribution >= 4 is 39.5 Å². The van der Waals surface area contributed by atoms with Crippen molar-refractivity contribution in [3.63, 3.8) is 0 Å². The molecular formula is C77H146O17P2. The van der Waals surface area contributed by atoms with Crippen LogP contribution in [0.1, 0.15) is 370 Å². The minimum atomic E-state index is -4.97. The number of aliphatic hydroxyl groups excluding tert-OH is 1. The smallest absolute Gasteiger partial charge is 0.462 e.